The Hall–Kier alpha value is -2.63. The summed E-state index contributed by atoms with van der Waals surface area (Å²) in [7, 11) is 0. The summed E-state index contributed by atoms with van der Waals surface area (Å²) in [5.41, 5.74) is -1.20. The van der Waals surface area contributed by atoms with Gasteiger partial charge in [-0.1, -0.05) is 35.3 Å². The Morgan fingerprint density at radius 3 is 2.50 bits per heavy atom. The third-order valence-corrected chi connectivity index (χ3v) is 5.25. The maximum atomic E-state index is 14.2. The van der Waals surface area contributed by atoms with Gasteiger partial charge in [-0.05, 0) is 29.3 Å². The van der Waals surface area contributed by atoms with E-state index in [1.54, 1.807) is 6.07 Å². The number of aliphatic imine (C=N–C) groups is 1. The van der Waals surface area contributed by atoms with Crippen molar-refractivity contribution in [2.75, 3.05) is 6.54 Å². The van der Waals surface area contributed by atoms with Crippen molar-refractivity contribution in [1.82, 2.24) is 4.98 Å². The van der Waals surface area contributed by atoms with Gasteiger partial charge in [0.2, 0.25) is 0 Å². The van der Waals surface area contributed by atoms with Crippen molar-refractivity contribution in [3.8, 4) is 6.07 Å². The predicted octanol–water partition coefficient (Wildman–Crippen LogP) is 5.02. The molecule has 1 aromatic carbocycles. The lowest BCUT2D eigenvalue weighted by atomic mass is 9.77. The lowest BCUT2D eigenvalue weighted by Crippen LogP contribution is -2.43. The molecule has 0 aliphatic carbocycles. The smallest absolute Gasteiger partial charge is 0.400 e. The van der Waals surface area contributed by atoms with Crippen molar-refractivity contribution in [1.29, 1.82) is 5.26 Å². The van der Waals surface area contributed by atoms with Gasteiger partial charge in [0.25, 0.3) is 0 Å². The fourth-order valence-corrected chi connectivity index (χ4v) is 3.74. The normalized spacial score (nSPS) is 18.6. The number of alkyl halides is 3. The van der Waals surface area contributed by atoms with E-state index in [4.69, 9.17) is 27.9 Å². The molecule has 30 heavy (non-hydrogen) atoms. The molecule has 0 fully saturated rings. The van der Waals surface area contributed by atoms with E-state index in [1.165, 1.54) is 19.1 Å². The number of benzene rings is 1. The second kappa shape index (κ2) is 8.25. The van der Waals surface area contributed by atoms with Crippen LogP contribution in [-0.2, 0) is 21.6 Å². The number of carbonyl (C=O) groups is 1. The molecule has 1 atom stereocenters. The Balaban J connectivity index is 1.96. The van der Waals surface area contributed by atoms with Crippen LogP contribution in [0.3, 0.4) is 0 Å². The summed E-state index contributed by atoms with van der Waals surface area (Å²) in [6, 6.07) is 8.78. The minimum Gasteiger partial charge on any atom is -0.461 e. The molecule has 0 spiro atoms. The van der Waals surface area contributed by atoms with Gasteiger partial charge >= 0.3 is 12.1 Å². The highest BCUT2D eigenvalue weighted by Gasteiger charge is 2.58. The zero-order valence-corrected chi connectivity index (χ0v) is 17.1. The highest BCUT2D eigenvalue weighted by molar-refractivity contribution is 6.32. The van der Waals surface area contributed by atoms with Gasteiger partial charge in [0, 0.05) is 24.6 Å². The molecule has 0 bridgehead atoms. The van der Waals surface area contributed by atoms with Gasteiger partial charge in [0.15, 0.2) is 0 Å². The predicted molar refractivity (Wildman–Crippen MR) is 105 cm³/mol. The lowest BCUT2D eigenvalue weighted by Gasteiger charge is -2.31. The summed E-state index contributed by atoms with van der Waals surface area (Å²) in [4.78, 5) is 18.8. The minimum absolute atomic E-state index is 0.106. The first kappa shape index (κ1) is 22.1. The van der Waals surface area contributed by atoms with Crippen LogP contribution in [0.15, 0.2) is 35.3 Å². The monoisotopic (exact) mass is 455 g/mol. The first-order valence-corrected chi connectivity index (χ1v) is 9.42. The van der Waals surface area contributed by atoms with Gasteiger partial charge in [-0.15, -0.1) is 0 Å². The number of esters is 1. The number of halogens is 5. The Kier molecular flexibility index (Phi) is 6.06. The van der Waals surface area contributed by atoms with Crippen LogP contribution in [0.2, 0.25) is 10.3 Å². The van der Waals surface area contributed by atoms with Gasteiger partial charge in [0.1, 0.15) is 22.3 Å². The zero-order chi connectivity index (χ0) is 22.1. The molecule has 5 nitrogen and oxygen atoms in total. The summed E-state index contributed by atoms with van der Waals surface area (Å²) in [6.45, 7) is 0.590. The van der Waals surface area contributed by atoms with Crippen LogP contribution in [0.1, 0.15) is 35.6 Å². The van der Waals surface area contributed by atoms with E-state index in [-0.39, 0.29) is 33.8 Å². The maximum absolute atomic E-state index is 14.2. The van der Waals surface area contributed by atoms with Crippen molar-refractivity contribution in [3.05, 3.63) is 62.9 Å². The summed E-state index contributed by atoms with van der Waals surface area (Å²) in [6.07, 6.45) is -5.07. The van der Waals surface area contributed by atoms with Crippen LogP contribution in [0.5, 0.6) is 0 Å². The van der Waals surface area contributed by atoms with Crippen LogP contribution in [-0.4, -0.2) is 29.4 Å². The fraction of sp³-hybridized carbons (Fsp3) is 0.300. The number of nitrogens with zero attached hydrogens (tertiary/aromatic N) is 3. The van der Waals surface area contributed by atoms with E-state index >= 15 is 0 Å². The molecule has 0 amide bonds. The number of ether oxygens (including phenoxy) is 1. The van der Waals surface area contributed by atoms with Crippen LogP contribution >= 0.6 is 23.2 Å². The average molecular weight is 456 g/mol. The van der Waals surface area contributed by atoms with E-state index in [1.807, 2.05) is 6.07 Å². The molecule has 0 N–H and O–H groups in total. The number of carbonyl (C=O) groups excluding carboxylic acids is 1. The molecule has 0 radical (unpaired) electrons. The average Bonchev–Trinajstić information content (AvgIpc) is 3.12. The van der Waals surface area contributed by atoms with E-state index < -0.39 is 30.5 Å². The van der Waals surface area contributed by atoms with E-state index in [9.17, 15) is 23.2 Å². The Bertz CT molecular complexity index is 1060. The van der Waals surface area contributed by atoms with Gasteiger partial charge < -0.3 is 4.74 Å². The molecule has 1 aliphatic rings. The molecular weight excluding hydrogens is 442 g/mol. The summed E-state index contributed by atoms with van der Waals surface area (Å²) >= 11 is 11.7. The molecule has 3 rings (SSSR count). The number of pyridine rings is 1. The largest absolute Gasteiger partial charge is 0.461 e. The molecule has 0 saturated heterocycles. The molecule has 2 aromatic rings. The molecule has 10 heteroatoms. The molecule has 156 valence electrons. The fourth-order valence-electron chi connectivity index (χ4n) is 3.27. The summed E-state index contributed by atoms with van der Waals surface area (Å²) < 4.78 is 47.4. The van der Waals surface area contributed by atoms with Gasteiger partial charge in [-0.25, -0.2) is 4.98 Å². The van der Waals surface area contributed by atoms with Crippen molar-refractivity contribution in [2.45, 2.75) is 31.5 Å². The topological polar surface area (TPSA) is 75.3 Å². The molecule has 1 aliphatic heterocycles. The van der Waals surface area contributed by atoms with Gasteiger partial charge in [0.05, 0.1) is 18.2 Å². The minimum atomic E-state index is -4.63. The molecule has 1 aromatic heterocycles. The van der Waals surface area contributed by atoms with Crippen LogP contribution in [0.25, 0.3) is 0 Å². The van der Waals surface area contributed by atoms with Crippen molar-refractivity contribution in [2.24, 2.45) is 4.99 Å². The highest BCUT2D eigenvalue weighted by Crippen LogP contribution is 2.48. The molecular formula is C20H14Cl2F3N3O2. The summed E-state index contributed by atoms with van der Waals surface area (Å²) in [5.74, 6) is -0.507. The second-order valence-corrected chi connectivity index (χ2v) is 7.56. The lowest BCUT2D eigenvalue weighted by molar-refractivity contribution is -0.183. The molecule has 0 saturated carbocycles. The number of aromatic nitrogens is 1. The maximum Gasteiger partial charge on any atom is 0.400 e. The standard InChI is InChI=1S/C20H14Cl2F3N3O2/c1-11(29)30-9-13-3-2-12(4-14(13)8-26)16-7-19(10-27-16,20(23,24)25)15-5-17(21)28-18(22)6-15/h2-6H,7,9-10H2,1H3. The van der Waals surface area contributed by atoms with E-state index in [2.05, 4.69) is 9.98 Å². The molecule has 1 unspecified atom stereocenters. The second-order valence-electron chi connectivity index (χ2n) is 6.78. The first-order chi connectivity index (χ1) is 14.1. The van der Waals surface area contributed by atoms with Gasteiger partial charge in [-0.3, -0.25) is 9.79 Å². The number of nitriles is 1. The quantitative estimate of drug-likeness (QED) is 0.479. The molecule has 2 heterocycles. The zero-order valence-electron chi connectivity index (χ0n) is 15.6. The van der Waals surface area contributed by atoms with Gasteiger partial charge in [-0.2, -0.15) is 18.4 Å². The summed E-state index contributed by atoms with van der Waals surface area (Å²) in [5, 5.41) is 9.09. The Labute approximate surface area is 180 Å². The van der Waals surface area contributed by atoms with E-state index in [0.717, 1.165) is 12.1 Å². The van der Waals surface area contributed by atoms with Crippen molar-refractivity contribution >= 4 is 34.9 Å². The van der Waals surface area contributed by atoms with Crippen LogP contribution in [0, 0.1) is 11.3 Å². The van der Waals surface area contributed by atoms with Crippen molar-refractivity contribution < 1.29 is 22.7 Å². The number of rotatable bonds is 4. The highest BCUT2D eigenvalue weighted by atomic mass is 35.5. The SMILES string of the molecule is CC(=O)OCc1ccc(C2=NCC(c3cc(Cl)nc(Cl)c3)(C(F)(F)F)C2)cc1C#N. The number of hydrogen-bond acceptors (Lipinski definition) is 5. The first-order valence-electron chi connectivity index (χ1n) is 8.66. The Morgan fingerprint density at radius 2 is 1.93 bits per heavy atom. The van der Waals surface area contributed by atoms with Crippen LogP contribution < -0.4 is 0 Å². The van der Waals surface area contributed by atoms with Crippen molar-refractivity contribution in [3.63, 3.8) is 0 Å². The number of hydrogen-bond donors (Lipinski definition) is 0. The third-order valence-electron chi connectivity index (χ3n) is 4.86. The Morgan fingerprint density at radius 1 is 1.27 bits per heavy atom. The van der Waals surface area contributed by atoms with Crippen LogP contribution in [0.4, 0.5) is 13.2 Å². The van der Waals surface area contributed by atoms with E-state index in [0.29, 0.717) is 11.1 Å². The third kappa shape index (κ3) is 4.27.